The standard InChI is InChI=1S/C16H16N4/c1-10(11-6-3-2-4-7-11)12-8-5-9-13-14(12)15(17)20-16(18)19-13/h2-10H,1H3,(H4,17,18,19,20). The van der Waals surface area contributed by atoms with Gasteiger partial charge < -0.3 is 11.5 Å². The van der Waals surface area contributed by atoms with Crippen molar-refractivity contribution in [3.8, 4) is 0 Å². The number of hydrogen-bond acceptors (Lipinski definition) is 4. The molecule has 1 aromatic heterocycles. The Morgan fingerprint density at radius 3 is 2.40 bits per heavy atom. The summed E-state index contributed by atoms with van der Waals surface area (Å²) in [4.78, 5) is 8.34. The minimum atomic E-state index is 0.208. The Labute approximate surface area is 117 Å². The third kappa shape index (κ3) is 2.05. The average molecular weight is 264 g/mol. The highest BCUT2D eigenvalue weighted by Gasteiger charge is 2.15. The van der Waals surface area contributed by atoms with Crippen LogP contribution < -0.4 is 11.5 Å². The molecule has 1 heterocycles. The summed E-state index contributed by atoms with van der Waals surface area (Å²) in [6, 6.07) is 16.3. The largest absolute Gasteiger partial charge is 0.383 e. The fourth-order valence-electron chi connectivity index (χ4n) is 2.54. The van der Waals surface area contributed by atoms with Gasteiger partial charge in [-0.3, -0.25) is 0 Å². The smallest absolute Gasteiger partial charge is 0.222 e. The monoisotopic (exact) mass is 264 g/mol. The number of rotatable bonds is 2. The molecule has 1 atom stereocenters. The first-order chi connectivity index (χ1) is 9.66. The van der Waals surface area contributed by atoms with Gasteiger partial charge in [0.1, 0.15) is 5.82 Å². The number of benzene rings is 2. The molecule has 2 aromatic carbocycles. The molecule has 0 spiro atoms. The van der Waals surface area contributed by atoms with E-state index in [1.807, 2.05) is 30.3 Å². The molecule has 0 saturated carbocycles. The average Bonchev–Trinajstić information content (AvgIpc) is 2.46. The fraction of sp³-hybridized carbons (Fsp3) is 0.125. The molecule has 4 N–H and O–H groups in total. The Morgan fingerprint density at radius 1 is 0.900 bits per heavy atom. The lowest BCUT2D eigenvalue weighted by atomic mass is 9.90. The summed E-state index contributed by atoms with van der Waals surface area (Å²) in [5, 5.41) is 0.887. The van der Waals surface area contributed by atoms with E-state index in [1.165, 1.54) is 5.56 Å². The fourth-order valence-corrected chi connectivity index (χ4v) is 2.54. The number of hydrogen-bond donors (Lipinski definition) is 2. The van der Waals surface area contributed by atoms with Crippen LogP contribution in [0.5, 0.6) is 0 Å². The summed E-state index contributed by atoms with van der Waals surface area (Å²) < 4.78 is 0. The first-order valence-electron chi connectivity index (χ1n) is 6.53. The lowest BCUT2D eigenvalue weighted by Gasteiger charge is -2.16. The van der Waals surface area contributed by atoms with E-state index in [0.717, 1.165) is 16.5 Å². The van der Waals surface area contributed by atoms with Crippen molar-refractivity contribution in [2.75, 3.05) is 11.5 Å². The maximum Gasteiger partial charge on any atom is 0.222 e. The highest BCUT2D eigenvalue weighted by Crippen LogP contribution is 2.32. The van der Waals surface area contributed by atoms with Crippen LogP contribution in [-0.2, 0) is 0 Å². The van der Waals surface area contributed by atoms with E-state index in [0.29, 0.717) is 5.82 Å². The molecule has 0 aliphatic heterocycles. The summed E-state index contributed by atoms with van der Waals surface area (Å²) in [6.07, 6.45) is 0. The number of nitrogen functional groups attached to an aromatic ring is 2. The molecule has 0 saturated heterocycles. The van der Waals surface area contributed by atoms with Crippen molar-refractivity contribution in [2.24, 2.45) is 0 Å². The normalized spacial score (nSPS) is 12.4. The first kappa shape index (κ1) is 12.4. The van der Waals surface area contributed by atoms with Crippen molar-refractivity contribution in [1.82, 2.24) is 9.97 Å². The summed E-state index contributed by atoms with van der Waals surface area (Å²) in [7, 11) is 0. The minimum Gasteiger partial charge on any atom is -0.383 e. The molecule has 0 aliphatic rings. The Bertz CT molecular complexity index is 753. The molecule has 4 heteroatoms. The van der Waals surface area contributed by atoms with E-state index < -0.39 is 0 Å². The van der Waals surface area contributed by atoms with Gasteiger partial charge in [0, 0.05) is 11.3 Å². The first-order valence-corrected chi connectivity index (χ1v) is 6.53. The predicted molar refractivity (Wildman–Crippen MR) is 82.3 cm³/mol. The lowest BCUT2D eigenvalue weighted by molar-refractivity contribution is 0.932. The summed E-state index contributed by atoms with van der Waals surface area (Å²) >= 11 is 0. The van der Waals surface area contributed by atoms with Gasteiger partial charge in [-0.1, -0.05) is 49.4 Å². The molecule has 20 heavy (non-hydrogen) atoms. The summed E-state index contributed by atoms with van der Waals surface area (Å²) in [5.41, 5.74) is 14.8. The molecule has 0 amide bonds. The van der Waals surface area contributed by atoms with Crippen LogP contribution >= 0.6 is 0 Å². The highest BCUT2D eigenvalue weighted by molar-refractivity contribution is 5.92. The van der Waals surface area contributed by atoms with Gasteiger partial charge in [-0.05, 0) is 17.2 Å². The molecular weight excluding hydrogens is 248 g/mol. The van der Waals surface area contributed by atoms with Crippen LogP contribution in [0.4, 0.5) is 11.8 Å². The summed E-state index contributed by atoms with van der Waals surface area (Å²) in [6.45, 7) is 2.15. The molecule has 0 radical (unpaired) electrons. The lowest BCUT2D eigenvalue weighted by Crippen LogP contribution is -2.04. The second kappa shape index (κ2) is 4.81. The predicted octanol–water partition coefficient (Wildman–Crippen LogP) is 2.95. The van der Waals surface area contributed by atoms with Gasteiger partial charge in [-0.2, -0.15) is 4.98 Å². The molecule has 3 aromatic rings. The Morgan fingerprint density at radius 2 is 1.65 bits per heavy atom. The highest BCUT2D eigenvalue weighted by atomic mass is 15.0. The van der Waals surface area contributed by atoms with Crippen LogP contribution in [0, 0.1) is 0 Å². The van der Waals surface area contributed by atoms with Crippen LogP contribution in [0.2, 0.25) is 0 Å². The van der Waals surface area contributed by atoms with Gasteiger partial charge in [0.25, 0.3) is 0 Å². The Balaban J connectivity index is 2.22. The molecular formula is C16H16N4. The van der Waals surface area contributed by atoms with Gasteiger partial charge in [0.15, 0.2) is 0 Å². The van der Waals surface area contributed by atoms with Crippen LogP contribution in [0.15, 0.2) is 48.5 Å². The zero-order chi connectivity index (χ0) is 14.1. The molecule has 4 nitrogen and oxygen atoms in total. The number of aromatic nitrogens is 2. The quantitative estimate of drug-likeness (QED) is 0.746. The van der Waals surface area contributed by atoms with Gasteiger partial charge in [-0.25, -0.2) is 4.98 Å². The van der Waals surface area contributed by atoms with Crippen LogP contribution in [0.3, 0.4) is 0 Å². The van der Waals surface area contributed by atoms with Gasteiger partial charge >= 0.3 is 0 Å². The van der Waals surface area contributed by atoms with Crippen LogP contribution in [-0.4, -0.2) is 9.97 Å². The number of anilines is 2. The maximum absolute atomic E-state index is 6.04. The Hall–Kier alpha value is -2.62. The van der Waals surface area contributed by atoms with Crippen molar-refractivity contribution in [2.45, 2.75) is 12.8 Å². The van der Waals surface area contributed by atoms with E-state index in [9.17, 15) is 0 Å². The van der Waals surface area contributed by atoms with E-state index in [-0.39, 0.29) is 11.9 Å². The van der Waals surface area contributed by atoms with Crippen molar-refractivity contribution in [3.63, 3.8) is 0 Å². The third-order valence-corrected chi connectivity index (χ3v) is 3.57. The minimum absolute atomic E-state index is 0.208. The van der Waals surface area contributed by atoms with Crippen molar-refractivity contribution in [1.29, 1.82) is 0 Å². The van der Waals surface area contributed by atoms with Crippen LogP contribution in [0.1, 0.15) is 24.0 Å². The molecule has 1 unspecified atom stereocenters. The zero-order valence-corrected chi connectivity index (χ0v) is 11.2. The van der Waals surface area contributed by atoms with E-state index >= 15 is 0 Å². The van der Waals surface area contributed by atoms with E-state index in [4.69, 9.17) is 11.5 Å². The van der Waals surface area contributed by atoms with Crippen molar-refractivity contribution < 1.29 is 0 Å². The van der Waals surface area contributed by atoms with Crippen LogP contribution in [0.25, 0.3) is 10.9 Å². The van der Waals surface area contributed by atoms with Crippen molar-refractivity contribution in [3.05, 3.63) is 59.7 Å². The zero-order valence-electron chi connectivity index (χ0n) is 11.2. The molecule has 3 rings (SSSR count). The number of nitrogens with zero attached hydrogens (tertiary/aromatic N) is 2. The molecule has 0 aliphatic carbocycles. The van der Waals surface area contributed by atoms with E-state index in [2.05, 4.69) is 35.1 Å². The van der Waals surface area contributed by atoms with Gasteiger partial charge in [0.2, 0.25) is 5.95 Å². The van der Waals surface area contributed by atoms with Gasteiger partial charge in [0.05, 0.1) is 5.52 Å². The number of fused-ring (bicyclic) bond motifs is 1. The third-order valence-electron chi connectivity index (χ3n) is 3.57. The topological polar surface area (TPSA) is 77.8 Å². The maximum atomic E-state index is 6.04. The molecule has 0 bridgehead atoms. The number of nitrogens with two attached hydrogens (primary N) is 2. The van der Waals surface area contributed by atoms with Gasteiger partial charge in [-0.15, -0.1) is 0 Å². The second-order valence-electron chi connectivity index (χ2n) is 4.84. The molecule has 0 fully saturated rings. The van der Waals surface area contributed by atoms with E-state index in [1.54, 1.807) is 0 Å². The van der Waals surface area contributed by atoms with Crippen molar-refractivity contribution >= 4 is 22.7 Å². The Kier molecular flexibility index (Phi) is 2.99. The molecule has 100 valence electrons. The SMILES string of the molecule is CC(c1ccccc1)c1cccc2nc(N)nc(N)c12. The summed E-state index contributed by atoms with van der Waals surface area (Å²) in [5.74, 6) is 0.861. The second-order valence-corrected chi connectivity index (χ2v) is 4.84.